The molecule has 1 aromatic rings. The highest BCUT2D eigenvalue weighted by Gasteiger charge is 1.96. The van der Waals surface area contributed by atoms with Gasteiger partial charge in [0, 0.05) is 10.8 Å². The average Bonchev–Trinajstić information content (AvgIpc) is 2.23. The summed E-state index contributed by atoms with van der Waals surface area (Å²) in [4.78, 5) is 0. The van der Waals surface area contributed by atoms with Crippen molar-refractivity contribution >= 4 is 11.3 Å². The Morgan fingerprint density at radius 1 is 1.11 bits per heavy atom. The Kier molecular flexibility index (Phi) is 3.88. The minimum absolute atomic E-state index is 0.759. The van der Waals surface area contributed by atoms with Gasteiger partial charge in [0.1, 0.15) is 0 Å². The van der Waals surface area contributed by atoms with Crippen molar-refractivity contribution in [3.05, 3.63) is 35.6 Å². The minimum atomic E-state index is -0.759. The summed E-state index contributed by atoms with van der Waals surface area (Å²) in [5.41, 5.74) is 0. The van der Waals surface area contributed by atoms with Crippen molar-refractivity contribution in [1.82, 2.24) is 0 Å². The van der Waals surface area contributed by atoms with E-state index in [2.05, 4.69) is 13.2 Å². The van der Waals surface area contributed by atoms with Gasteiger partial charge in [0.2, 0.25) is 0 Å². The lowest BCUT2D eigenvalue weighted by atomic mass is 10.6. The molecule has 0 aliphatic carbocycles. The molecule has 9 heavy (non-hydrogen) atoms. The molecule has 0 radical (unpaired) electrons. The van der Waals surface area contributed by atoms with Crippen LogP contribution in [-0.4, -0.2) is 0 Å². The van der Waals surface area contributed by atoms with E-state index in [1.54, 1.807) is 0 Å². The zero-order chi connectivity index (χ0) is 7.28. The van der Waals surface area contributed by atoms with Crippen LogP contribution in [0.15, 0.2) is 23.9 Å². The minimum Gasteiger partial charge on any atom is -0.203 e. The lowest BCUT2D eigenvalue weighted by Crippen LogP contribution is -1.66. The third-order valence-electron chi connectivity index (χ3n) is 0.571. The van der Waals surface area contributed by atoms with Crippen molar-refractivity contribution in [2.24, 2.45) is 0 Å². The van der Waals surface area contributed by atoms with E-state index in [1.165, 1.54) is 0 Å². The quantitative estimate of drug-likeness (QED) is 0.496. The molecule has 1 aromatic heterocycles. The van der Waals surface area contributed by atoms with Crippen molar-refractivity contribution in [1.29, 1.82) is 0 Å². The summed E-state index contributed by atoms with van der Waals surface area (Å²) in [6.07, 6.45) is 0. The molecule has 0 saturated heterocycles. The summed E-state index contributed by atoms with van der Waals surface area (Å²) >= 11 is 1.02. The monoisotopic (exact) mass is 148 g/mol. The second-order valence-electron chi connectivity index (χ2n) is 1.07. The van der Waals surface area contributed by atoms with E-state index >= 15 is 0 Å². The summed E-state index contributed by atoms with van der Waals surface area (Å²) in [6.45, 7) is 6.00. The van der Waals surface area contributed by atoms with Gasteiger partial charge in [-0.25, -0.2) is 8.78 Å². The molecule has 0 amide bonds. The molecule has 0 saturated carbocycles. The number of hydrogen-bond donors (Lipinski definition) is 0. The molecule has 0 bridgehead atoms. The summed E-state index contributed by atoms with van der Waals surface area (Å²) in [5, 5.41) is 2.24. The van der Waals surface area contributed by atoms with Gasteiger partial charge in [-0.3, -0.25) is 0 Å². The smallest absolute Gasteiger partial charge is 0.169 e. The Morgan fingerprint density at radius 3 is 1.56 bits per heavy atom. The standard InChI is InChI=1S/C4H2F2S.C2H4/c5-3-1-7-2-4(3)6;1-2/h1-2H;1-2H2. The fourth-order valence-corrected chi connectivity index (χ4v) is 0.798. The Labute approximate surface area is 56.4 Å². The Hall–Kier alpha value is -0.700. The van der Waals surface area contributed by atoms with E-state index in [0.29, 0.717) is 0 Å². The van der Waals surface area contributed by atoms with Gasteiger partial charge >= 0.3 is 0 Å². The SMILES string of the molecule is C=C.Fc1cscc1F. The third-order valence-corrected chi connectivity index (χ3v) is 1.26. The van der Waals surface area contributed by atoms with Crippen molar-refractivity contribution in [2.45, 2.75) is 0 Å². The van der Waals surface area contributed by atoms with E-state index in [1.807, 2.05) is 0 Å². The first-order valence-corrected chi connectivity index (χ1v) is 3.12. The fraction of sp³-hybridized carbons (Fsp3) is 0. The van der Waals surface area contributed by atoms with E-state index in [4.69, 9.17) is 0 Å². The molecule has 0 atom stereocenters. The number of rotatable bonds is 0. The first-order chi connectivity index (χ1) is 4.30. The van der Waals surface area contributed by atoms with Gasteiger partial charge < -0.3 is 0 Å². The van der Waals surface area contributed by atoms with Crippen LogP contribution >= 0.6 is 11.3 Å². The summed E-state index contributed by atoms with van der Waals surface area (Å²) in [6, 6.07) is 0. The van der Waals surface area contributed by atoms with Gasteiger partial charge in [0.25, 0.3) is 0 Å². The normalized spacial score (nSPS) is 7.78. The predicted octanol–water partition coefficient (Wildman–Crippen LogP) is 2.83. The van der Waals surface area contributed by atoms with Crippen molar-refractivity contribution in [3.8, 4) is 0 Å². The number of halogens is 2. The van der Waals surface area contributed by atoms with Crippen LogP contribution in [0, 0.1) is 11.6 Å². The highest BCUT2D eigenvalue weighted by atomic mass is 32.1. The van der Waals surface area contributed by atoms with Crippen molar-refractivity contribution in [2.75, 3.05) is 0 Å². The molecule has 1 rings (SSSR count). The molecule has 0 spiro atoms. The van der Waals surface area contributed by atoms with Gasteiger partial charge in [-0.05, 0) is 0 Å². The van der Waals surface area contributed by atoms with Crippen LogP contribution in [0.1, 0.15) is 0 Å². The van der Waals surface area contributed by atoms with Gasteiger partial charge in [-0.1, -0.05) is 0 Å². The second kappa shape index (κ2) is 4.21. The topological polar surface area (TPSA) is 0 Å². The summed E-state index contributed by atoms with van der Waals surface area (Å²) in [7, 11) is 0. The van der Waals surface area contributed by atoms with Crippen LogP contribution in [0.2, 0.25) is 0 Å². The summed E-state index contributed by atoms with van der Waals surface area (Å²) in [5.74, 6) is -1.52. The maximum atomic E-state index is 11.7. The van der Waals surface area contributed by atoms with Gasteiger partial charge in [-0.2, -0.15) is 0 Å². The van der Waals surface area contributed by atoms with Gasteiger partial charge in [-0.15, -0.1) is 24.5 Å². The Morgan fingerprint density at radius 2 is 1.44 bits per heavy atom. The van der Waals surface area contributed by atoms with Crippen LogP contribution in [0.4, 0.5) is 8.78 Å². The predicted molar refractivity (Wildman–Crippen MR) is 35.5 cm³/mol. The Bertz CT molecular complexity index is 155. The second-order valence-corrected chi connectivity index (χ2v) is 1.81. The molecule has 0 nitrogen and oxygen atoms in total. The molecule has 0 aliphatic rings. The van der Waals surface area contributed by atoms with Gasteiger partial charge in [0.05, 0.1) is 0 Å². The number of hydrogen-bond acceptors (Lipinski definition) is 1. The molecule has 1 heterocycles. The van der Waals surface area contributed by atoms with Crippen LogP contribution in [0.3, 0.4) is 0 Å². The lowest BCUT2D eigenvalue weighted by molar-refractivity contribution is 0.516. The first kappa shape index (κ1) is 8.30. The average molecular weight is 148 g/mol. The maximum absolute atomic E-state index is 11.7. The molecule has 3 heteroatoms. The van der Waals surface area contributed by atoms with E-state index in [0.717, 1.165) is 22.1 Å². The zero-order valence-electron chi connectivity index (χ0n) is 4.73. The lowest BCUT2D eigenvalue weighted by Gasteiger charge is -1.70. The van der Waals surface area contributed by atoms with Crippen molar-refractivity contribution < 1.29 is 8.78 Å². The highest BCUT2D eigenvalue weighted by Crippen LogP contribution is 2.08. The van der Waals surface area contributed by atoms with Gasteiger partial charge in [0.15, 0.2) is 11.6 Å². The molecular formula is C6H6F2S. The largest absolute Gasteiger partial charge is 0.203 e. The molecule has 0 fully saturated rings. The van der Waals surface area contributed by atoms with Crippen molar-refractivity contribution in [3.63, 3.8) is 0 Å². The van der Waals surface area contributed by atoms with E-state index in [-0.39, 0.29) is 0 Å². The first-order valence-electron chi connectivity index (χ1n) is 2.18. The molecule has 0 unspecified atom stereocenters. The molecule has 0 aromatic carbocycles. The van der Waals surface area contributed by atoms with E-state index in [9.17, 15) is 8.78 Å². The zero-order valence-corrected chi connectivity index (χ0v) is 5.55. The fourth-order valence-electron chi connectivity index (χ4n) is 0.266. The Balaban J connectivity index is 0.000000291. The van der Waals surface area contributed by atoms with Crippen LogP contribution in [0.5, 0.6) is 0 Å². The highest BCUT2D eigenvalue weighted by molar-refractivity contribution is 7.07. The summed E-state index contributed by atoms with van der Waals surface area (Å²) < 4.78 is 23.4. The van der Waals surface area contributed by atoms with Crippen LogP contribution in [-0.2, 0) is 0 Å². The van der Waals surface area contributed by atoms with Crippen LogP contribution < -0.4 is 0 Å². The van der Waals surface area contributed by atoms with E-state index < -0.39 is 11.6 Å². The molecule has 0 aliphatic heterocycles. The molecule has 50 valence electrons. The van der Waals surface area contributed by atoms with Crippen LogP contribution in [0.25, 0.3) is 0 Å². The maximum Gasteiger partial charge on any atom is 0.169 e. The molecule has 0 N–H and O–H groups in total. The molecular weight excluding hydrogens is 142 g/mol. The third kappa shape index (κ3) is 2.37. The number of thiophene rings is 1.